The highest BCUT2D eigenvalue weighted by Crippen LogP contribution is 2.29. The van der Waals surface area contributed by atoms with E-state index >= 15 is 0 Å². The lowest BCUT2D eigenvalue weighted by molar-refractivity contribution is 0.0517. The molecule has 0 N–H and O–H groups in total. The van der Waals surface area contributed by atoms with Gasteiger partial charge in [0.15, 0.2) is 5.69 Å². The number of halogens is 1. The summed E-state index contributed by atoms with van der Waals surface area (Å²) in [4.78, 5) is 12.1. The Kier molecular flexibility index (Phi) is 6.92. The molecule has 0 radical (unpaired) electrons. The van der Waals surface area contributed by atoms with Gasteiger partial charge in [0.05, 0.1) is 17.5 Å². The van der Waals surface area contributed by atoms with Gasteiger partial charge in [-0.05, 0) is 56.9 Å². The lowest BCUT2D eigenvalue weighted by atomic mass is 10.1. The van der Waals surface area contributed by atoms with Crippen LogP contribution in [0.15, 0.2) is 29.2 Å². The van der Waals surface area contributed by atoms with E-state index in [2.05, 4.69) is 12.0 Å². The molecule has 30 heavy (non-hydrogen) atoms. The van der Waals surface area contributed by atoms with Gasteiger partial charge in [0.1, 0.15) is 5.82 Å². The van der Waals surface area contributed by atoms with Crippen molar-refractivity contribution in [2.45, 2.75) is 57.4 Å². The number of carbonyl (C=O) groups excluding carboxylic acids is 1. The lowest BCUT2D eigenvalue weighted by Crippen LogP contribution is -2.39. The van der Waals surface area contributed by atoms with Crippen molar-refractivity contribution in [3.8, 4) is 0 Å². The average Bonchev–Trinajstić information content (AvgIpc) is 3.14. The number of nitrogens with zero attached hydrogens (tertiary/aromatic N) is 3. The van der Waals surface area contributed by atoms with Crippen LogP contribution in [-0.2, 0) is 21.2 Å². The number of piperidine rings is 1. The predicted octanol–water partition coefficient (Wildman–Crippen LogP) is 3.49. The number of aromatic nitrogens is 2. The molecule has 2 heterocycles. The molecule has 2 aromatic rings. The van der Waals surface area contributed by atoms with E-state index in [-0.39, 0.29) is 23.2 Å². The Hall–Kier alpha value is -2.26. The maximum atomic E-state index is 13.6. The van der Waals surface area contributed by atoms with Gasteiger partial charge < -0.3 is 4.74 Å². The molecule has 0 amide bonds. The van der Waals surface area contributed by atoms with E-state index in [1.165, 1.54) is 16.4 Å². The third-order valence-corrected chi connectivity index (χ3v) is 7.38. The molecule has 0 bridgehead atoms. The Balaban J connectivity index is 1.78. The minimum absolute atomic E-state index is 0.00483. The molecule has 0 aliphatic carbocycles. The van der Waals surface area contributed by atoms with Gasteiger partial charge in [0.25, 0.3) is 0 Å². The Labute approximate surface area is 176 Å². The van der Waals surface area contributed by atoms with Crippen molar-refractivity contribution < 1.29 is 22.3 Å². The molecular weight excluding hydrogens is 409 g/mol. The van der Waals surface area contributed by atoms with Crippen molar-refractivity contribution in [2.24, 2.45) is 0 Å². The Morgan fingerprint density at radius 3 is 2.57 bits per heavy atom. The summed E-state index contributed by atoms with van der Waals surface area (Å²) in [7, 11) is -3.77. The number of hydrogen-bond donors (Lipinski definition) is 0. The summed E-state index contributed by atoms with van der Waals surface area (Å²) >= 11 is 0. The smallest absolute Gasteiger partial charge is 0.358 e. The first-order valence-electron chi connectivity index (χ1n) is 10.3. The molecule has 1 saturated heterocycles. The van der Waals surface area contributed by atoms with Gasteiger partial charge in [-0.1, -0.05) is 19.4 Å². The van der Waals surface area contributed by atoms with Crippen LogP contribution < -0.4 is 0 Å². The maximum absolute atomic E-state index is 13.6. The van der Waals surface area contributed by atoms with Crippen molar-refractivity contribution >= 4 is 16.0 Å². The van der Waals surface area contributed by atoms with E-state index in [4.69, 9.17) is 4.74 Å². The van der Waals surface area contributed by atoms with Gasteiger partial charge in [-0.3, -0.25) is 4.68 Å². The molecule has 0 atom stereocenters. The summed E-state index contributed by atoms with van der Waals surface area (Å²) in [6, 6.07) is 5.58. The van der Waals surface area contributed by atoms with Crippen LogP contribution in [0, 0.1) is 12.7 Å². The zero-order valence-electron chi connectivity index (χ0n) is 17.6. The molecule has 164 valence electrons. The normalized spacial score (nSPS) is 16.0. The van der Waals surface area contributed by atoms with Crippen molar-refractivity contribution in [3.05, 3.63) is 47.0 Å². The summed E-state index contributed by atoms with van der Waals surface area (Å²) < 4.78 is 48.0. The van der Waals surface area contributed by atoms with Gasteiger partial charge in [-0.2, -0.15) is 9.40 Å². The molecular formula is C21H28FN3O4S. The highest BCUT2D eigenvalue weighted by atomic mass is 32.2. The number of carbonyl (C=O) groups is 1. The molecule has 3 rings (SSSR count). The topological polar surface area (TPSA) is 81.5 Å². The second kappa shape index (κ2) is 9.26. The molecule has 1 aliphatic heterocycles. The first kappa shape index (κ1) is 22.4. The molecule has 1 aromatic heterocycles. The molecule has 9 heteroatoms. The van der Waals surface area contributed by atoms with Crippen LogP contribution in [0.4, 0.5) is 4.39 Å². The monoisotopic (exact) mass is 437 g/mol. The number of ether oxygens (including phenoxy) is 1. The van der Waals surface area contributed by atoms with E-state index < -0.39 is 21.8 Å². The van der Waals surface area contributed by atoms with Gasteiger partial charge in [-0.25, -0.2) is 17.6 Å². The van der Waals surface area contributed by atoms with Crippen molar-refractivity contribution in [1.29, 1.82) is 0 Å². The van der Waals surface area contributed by atoms with E-state index in [1.807, 2.05) is 4.68 Å². The van der Waals surface area contributed by atoms with Gasteiger partial charge in [0, 0.05) is 18.8 Å². The predicted molar refractivity (Wildman–Crippen MR) is 110 cm³/mol. The highest BCUT2D eigenvalue weighted by molar-refractivity contribution is 7.89. The Bertz CT molecular complexity index is 1010. The number of aryl methyl sites for hydroxylation is 2. The largest absolute Gasteiger partial charge is 0.461 e. The summed E-state index contributed by atoms with van der Waals surface area (Å²) in [6.45, 7) is 6.36. The summed E-state index contributed by atoms with van der Waals surface area (Å²) in [5.74, 6) is -1.02. The molecule has 1 aliphatic rings. The van der Waals surface area contributed by atoms with Gasteiger partial charge in [-0.15, -0.1) is 0 Å². The number of rotatable bonds is 7. The molecule has 7 nitrogen and oxygen atoms in total. The number of sulfonamides is 1. The molecule has 1 fully saturated rings. The molecule has 0 saturated carbocycles. The average molecular weight is 438 g/mol. The fourth-order valence-corrected chi connectivity index (χ4v) is 5.52. The first-order valence-corrected chi connectivity index (χ1v) is 11.7. The minimum atomic E-state index is -3.77. The van der Waals surface area contributed by atoms with Crippen molar-refractivity contribution in [3.63, 3.8) is 0 Å². The SMILES string of the molecule is CCCc1cc(C(=O)OCC)nn1C1CCN(S(=O)(=O)c2cc(F)ccc2C)CC1. The minimum Gasteiger partial charge on any atom is -0.461 e. The van der Waals surface area contributed by atoms with Crippen LogP contribution in [-0.4, -0.2) is 48.2 Å². The van der Waals surface area contributed by atoms with Gasteiger partial charge >= 0.3 is 5.97 Å². The summed E-state index contributed by atoms with van der Waals surface area (Å²) in [6.07, 6.45) is 2.80. The first-order chi connectivity index (χ1) is 14.3. The highest BCUT2D eigenvalue weighted by Gasteiger charge is 2.32. The van der Waals surface area contributed by atoms with Crippen LogP contribution in [0.3, 0.4) is 0 Å². The lowest BCUT2D eigenvalue weighted by Gasteiger charge is -2.32. The van der Waals surface area contributed by atoms with Crippen molar-refractivity contribution in [2.75, 3.05) is 19.7 Å². The fourth-order valence-electron chi connectivity index (χ4n) is 3.81. The van der Waals surface area contributed by atoms with Gasteiger partial charge in [0.2, 0.25) is 10.0 Å². The second-order valence-electron chi connectivity index (χ2n) is 7.48. The maximum Gasteiger partial charge on any atom is 0.358 e. The summed E-state index contributed by atoms with van der Waals surface area (Å²) in [5, 5.41) is 4.47. The van der Waals surface area contributed by atoms with Crippen LogP contribution in [0.25, 0.3) is 0 Å². The van der Waals surface area contributed by atoms with Crippen molar-refractivity contribution in [1.82, 2.24) is 14.1 Å². The van der Waals surface area contributed by atoms with E-state index in [0.29, 0.717) is 31.5 Å². The zero-order valence-corrected chi connectivity index (χ0v) is 18.4. The zero-order chi connectivity index (χ0) is 21.9. The van der Waals surface area contributed by atoms with Crippen LogP contribution in [0.1, 0.15) is 60.9 Å². The van der Waals surface area contributed by atoms with E-state index in [0.717, 1.165) is 24.6 Å². The van der Waals surface area contributed by atoms with Crippen LogP contribution in [0.2, 0.25) is 0 Å². The molecule has 0 spiro atoms. The third-order valence-electron chi connectivity index (χ3n) is 5.34. The molecule has 0 unspecified atom stereocenters. The van der Waals surface area contributed by atoms with E-state index in [9.17, 15) is 17.6 Å². The Morgan fingerprint density at radius 2 is 1.93 bits per heavy atom. The third kappa shape index (κ3) is 4.57. The van der Waals surface area contributed by atoms with Crippen LogP contribution in [0.5, 0.6) is 0 Å². The standard InChI is InChI=1S/C21H28FN3O4S/c1-4-6-18-14-19(21(26)29-5-2)23-25(18)17-9-11-24(12-10-17)30(27,28)20-13-16(22)8-7-15(20)3/h7-8,13-14,17H,4-6,9-12H2,1-3H3. The number of esters is 1. The molecule has 1 aromatic carbocycles. The quantitative estimate of drug-likeness (QED) is 0.620. The summed E-state index contributed by atoms with van der Waals surface area (Å²) in [5.41, 5.74) is 1.75. The van der Waals surface area contributed by atoms with Crippen LogP contribution >= 0.6 is 0 Å². The number of benzene rings is 1. The van der Waals surface area contributed by atoms with E-state index in [1.54, 1.807) is 19.9 Å². The fraction of sp³-hybridized carbons (Fsp3) is 0.524. The Morgan fingerprint density at radius 1 is 1.23 bits per heavy atom. The number of hydrogen-bond acceptors (Lipinski definition) is 5. The second-order valence-corrected chi connectivity index (χ2v) is 9.39.